The van der Waals surface area contributed by atoms with Crippen LogP contribution in [0.1, 0.15) is 28.3 Å². The molecule has 1 amide bonds. The van der Waals surface area contributed by atoms with Crippen LogP contribution in [0.25, 0.3) is 0 Å². The van der Waals surface area contributed by atoms with Crippen molar-refractivity contribution in [2.75, 3.05) is 11.9 Å². The number of anilines is 1. The van der Waals surface area contributed by atoms with Gasteiger partial charge in [0.15, 0.2) is 5.69 Å². The van der Waals surface area contributed by atoms with Gasteiger partial charge in [-0.15, -0.1) is 0 Å². The molecular weight excluding hydrogens is 258 g/mol. The maximum atomic E-state index is 12.1. The number of rotatable bonds is 2. The number of ether oxygens (including phenoxy) is 1. The first-order valence-electron chi connectivity index (χ1n) is 6.46. The van der Waals surface area contributed by atoms with Crippen molar-refractivity contribution in [3.63, 3.8) is 0 Å². The summed E-state index contributed by atoms with van der Waals surface area (Å²) < 4.78 is 7.13. The highest BCUT2D eigenvalue weighted by atomic mass is 16.5. The van der Waals surface area contributed by atoms with Crippen LogP contribution in [0, 0.1) is 13.8 Å². The molecule has 7 heteroatoms. The van der Waals surface area contributed by atoms with Crippen LogP contribution < -0.4 is 10.1 Å². The summed E-state index contributed by atoms with van der Waals surface area (Å²) in [6.07, 6.45) is 0.899. The predicted molar refractivity (Wildman–Crippen MR) is 71.8 cm³/mol. The number of nitrogens with one attached hydrogen (secondary N) is 1. The Kier molecular flexibility index (Phi) is 3.09. The van der Waals surface area contributed by atoms with Gasteiger partial charge in [-0.2, -0.15) is 5.10 Å². The van der Waals surface area contributed by atoms with E-state index in [1.807, 2.05) is 19.9 Å². The van der Waals surface area contributed by atoms with Crippen molar-refractivity contribution in [3.8, 4) is 5.88 Å². The Morgan fingerprint density at radius 3 is 2.75 bits per heavy atom. The second-order valence-corrected chi connectivity index (χ2v) is 4.72. The Bertz CT molecular complexity index is 621. The van der Waals surface area contributed by atoms with E-state index in [9.17, 15) is 4.79 Å². The lowest BCUT2D eigenvalue weighted by molar-refractivity contribution is 0.102. The molecule has 0 saturated heterocycles. The molecule has 7 nitrogen and oxygen atoms in total. The predicted octanol–water partition coefficient (Wildman–Crippen LogP) is 1.32. The van der Waals surface area contributed by atoms with Gasteiger partial charge in [0.25, 0.3) is 5.91 Å². The van der Waals surface area contributed by atoms with Gasteiger partial charge in [0.2, 0.25) is 11.8 Å². The molecule has 1 aliphatic rings. The summed E-state index contributed by atoms with van der Waals surface area (Å²) in [6.45, 7) is 5.14. The van der Waals surface area contributed by atoms with Crippen LogP contribution in [0.3, 0.4) is 0 Å². The van der Waals surface area contributed by atoms with Gasteiger partial charge < -0.3 is 4.74 Å². The third-order valence-corrected chi connectivity index (χ3v) is 2.95. The maximum Gasteiger partial charge on any atom is 0.278 e. The molecule has 0 spiro atoms. The number of hydrogen-bond acceptors (Lipinski definition) is 5. The average molecular weight is 273 g/mol. The molecule has 0 fully saturated rings. The van der Waals surface area contributed by atoms with Crippen molar-refractivity contribution in [3.05, 3.63) is 29.2 Å². The molecule has 104 valence electrons. The summed E-state index contributed by atoms with van der Waals surface area (Å²) in [5, 5.41) is 6.87. The van der Waals surface area contributed by atoms with Gasteiger partial charge in [-0.3, -0.25) is 10.1 Å². The Morgan fingerprint density at radius 2 is 2.05 bits per heavy atom. The molecule has 1 N–H and O–H groups in total. The van der Waals surface area contributed by atoms with Crippen LogP contribution in [-0.4, -0.2) is 32.3 Å². The summed E-state index contributed by atoms with van der Waals surface area (Å²) in [6, 6.07) is 3.48. The minimum absolute atomic E-state index is 0.291. The molecule has 0 aromatic carbocycles. The molecule has 2 aromatic heterocycles. The SMILES string of the molecule is Cc1cc(C)nc(NC(=O)c2cc3n(n2)CCCO3)n1. The lowest BCUT2D eigenvalue weighted by Gasteiger charge is -2.13. The third-order valence-electron chi connectivity index (χ3n) is 2.95. The number of carbonyl (C=O) groups excluding carboxylic acids is 1. The quantitative estimate of drug-likeness (QED) is 0.892. The van der Waals surface area contributed by atoms with Crippen LogP contribution in [-0.2, 0) is 6.54 Å². The van der Waals surface area contributed by atoms with Gasteiger partial charge in [-0.25, -0.2) is 14.6 Å². The summed E-state index contributed by atoms with van der Waals surface area (Å²) in [4.78, 5) is 20.5. The number of aryl methyl sites for hydroxylation is 3. The fourth-order valence-corrected chi connectivity index (χ4v) is 2.13. The Labute approximate surface area is 116 Å². The molecule has 0 atom stereocenters. The molecule has 0 radical (unpaired) electrons. The van der Waals surface area contributed by atoms with Crippen LogP contribution in [0.5, 0.6) is 5.88 Å². The molecule has 0 aliphatic carbocycles. The normalized spacial score (nSPS) is 13.5. The lowest BCUT2D eigenvalue weighted by atomic mass is 10.3. The van der Waals surface area contributed by atoms with Crippen molar-refractivity contribution < 1.29 is 9.53 Å². The first kappa shape index (κ1) is 12.6. The fraction of sp³-hybridized carbons (Fsp3) is 0.385. The highest BCUT2D eigenvalue weighted by molar-refractivity contribution is 6.02. The second-order valence-electron chi connectivity index (χ2n) is 4.72. The molecule has 0 unspecified atom stereocenters. The molecule has 0 bridgehead atoms. The minimum Gasteiger partial charge on any atom is -0.478 e. The molecule has 2 aromatic rings. The van der Waals surface area contributed by atoms with Gasteiger partial charge in [-0.05, 0) is 19.9 Å². The number of carbonyl (C=O) groups is 1. The Morgan fingerprint density at radius 1 is 1.30 bits per heavy atom. The summed E-state index contributed by atoms with van der Waals surface area (Å²) in [7, 11) is 0. The van der Waals surface area contributed by atoms with Gasteiger partial charge in [-0.1, -0.05) is 0 Å². The van der Waals surface area contributed by atoms with Crippen LogP contribution >= 0.6 is 0 Å². The van der Waals surface area contributed by atoms with Crippen molar-refractivity contribution in [1.82, 2.24) is 19.7 Å². The second kappa shape index (κ2) is 4.92. The minimum atomic E-state index is -0.333. The third kappa shape index (κ3) is 2.47. The van der Waals surface area contributed by atoms with E-state index in [2.05, 4.69) is 20.4 Å². The van der Waals surface area contributed by atoms with E-state index in [4.69, 9.17) is 4.74 Å². The lowest BCUT2D eigenvalue weighted by Crippen LogP contribution is -2.17. The van der Waals surface area contributed by atoms with Crippen LogP contribution in [0.2, 0.25) is 0 Å². The smallest absolute Gasteiger partial charge is 0.278 e. The van der Waals surface area contributed by atoms with Gasteiger partial charge >= 0.3 is 0 Å². The van der Waals surface area contributed by atoms with Crippen molar-refractivity contribution in [2.45, 2.75) is 26.8 Å². The van der Waals surface area contributed by atoms with E-state index >= 15 is 0 Å². The van der Waals surface area contributed by atoms with Gasteiger partial charge in [0.05, 0.1) is 6.61 Å². The number of nitrogens with zero attached hydrogens (tertiary/aromatic N) is 4. The van der Waals surface area contributed by atoms with Crippen molar-refractivity contribution in [2.24, 2.45) is 0 Å². The first-order valence-corrected chi connectivity index (χ1v) is 6.46. The molecule has 0 saturated carbocycles. The zero-order valence-electron chi connectivity index (χ0n) is 11.4. The van der Waals surface area contributed by atoms with E-state index in [0.717, 1.165) is 24.4 Å². The number of hydrogen-bond donors (Lipinski definition) is 1. The van der Waals surface area contributed by atoms with Gasteiger partial charge in [0.1, 0.15) is 0 Å². The largest absolute Gasteiger partial charge is 0.478 e. The highest BCUT2D eigenvalue weighted by Gasteiger charge is 2.18. The fourth-order valence-electron chi connectivity index (χ4n) is 2.13. The topological polar surface area (TPSA) is 81.9 Å². The number of aromatic nitrogens is 4. The molecule has 3 rings (SSSR count). The highest BCUT2D eigenvalue weighted by Crippen LogP contribution is 2.18. The van der Waals surface area contributed by atoms with E-state index in [-0.39, 0.29) is 5.91 Å². The number of amides is 1. The summed E-state index contributed by atoms with van der Waals surface area (Å²) in [5.74, 6) is 0.586. The zero-order valence-corrected chi connectivity index (χ0v) is 11.4. The monoisotopic (exact) mass is 273 g/mol. The standard InChI is InChI=1S/C13H15N5O2/c1-8-6-9(2)15-13(14-8)16-12(19)10-7-11-18(17-10)4-3-5-20-11/h6-7H,3-5H2,1-2H3,(H,14,15,16,19). The van der Waals surface area contributed by atoms with Crippen molar-refractivity contribution >= 4 is 11.9 Å². The maximum absolute atomic E-state index is 12.1. The van der Waals surface area contributed by atoms with E-state index in [1.165, 1.54) is 0 Å². The first-order chi connectivity index (χ1) is 9.61. The summed E-state index contributed by atoms with van der Waals surface area (Å²) >= 11 is 0. The Balaban J connectivity index is 1.80. The molecule has 3 heterocycles. The van der Waals surface area contributed by atoms with E-state index in [1.54, 1.807) is 10.7 Å². The van der Waals surface area contributed by atoms with Crippen molar-refractivity contribution in [1.29, 1.82) is 0 Å². The molecular formula is C13H15N5O2. The van der Waals surface area contributed by atoms with E-state index < -0.39 is 0 Å². The van der Waals surface area contributed by atoms with Crippen LogP contribution in [0.4, 0.5) is 5.95 Å². The molecule has 20 heavy (non-hydrogen) atoms. The zero-order chi connectivity index (χ0) is 14.1. The van der Waals surface area contributed by atoms with Crippen LogP contribution in [0.15, 0.2) is 12.1 Å². The Hall–Kier alpha value is -2.44. The summed E-state index contributed by atoms with van der Waals surface area (Å²) in [5.41, 5.74) is 1.92. The van der Waals surface area contributed by atoms with Gasteiger partial charge in [0, 0.05) is 30.4 Å². The number of fused-ring (bicyclic) bond motifs is 1. The molecule has 1 aliphatic heterocycles. The average Bonchev–Trinajstić information content (AvgIpc) is 2.81. The van der Waals surface area contributed by atoms with E-state index in [0.29, 0.717) is 24.1 Å².